The van der Waals surface area contributed by atoms with Gasteiger partial charge in [0.1, 0.15) is 0 Å². The van der Waals surface area contributed by atoms with Gasteiger partial charge < -0.3 is 15.9 Å². The van der Waals surface area contributed by atoms with Gasteiger partial charge in [-0.2, -0.15) is 0 Å². The summed E-state index contributed by atoms with van der Waals surface area (Å²) in [6.07, 6.45) is 1.05. The number of hydrogen-bond donors (Lipinski definition) is 3. The highest BCUT2D eigenvalue weighted by Gasteiger charge is 2.21. The fourth-order valence-electron chi connectivity index (χ4n) is 1.24. The molecule has 5 nitrogen and oxygen atoms in total. The molecule has 5 heteroatoms. The minimum absolute atomic E-state index is 0.109. The molecule has 1 atom stereocenters. The number of aliphatic carboxylic acids is 2. The van der Waals surface area contributed by atoms with Gasteiger partial charge in [-0.1, -0.05) is 0 Å². The Balaban J connectivity index is 4.06. The summed E-state index contributed by atoms with van der Waals surface area (Å²) in [4.78, 5) is 21.1. The number of carbonyl (C=O) groups is 2. The SMILES string of the molecule is CC(C)(N)CCC(CCC(=O)O)C(=O)O. The first-order chi connectivity index (χ1) is 6.72. The van der Waals surface area contributed by atoms with Crippen molar-refractivity contribution in [3.8, 4) is 0 Å². The highest BCUT2D eigenvalue weighted by molar-refractivity contribution is 5.72. The van der Waals surface area contributed by atoms with Crippen LogP contribution in [-0.4, -0.2) is 27.7 Å². The topological polar surface area (TPSA) is 101 Å². The van der Waals surface area contributed by atoms with E-state index in [-0.39, 0.29) is 12.8 Å². The number of carboxylic acids is 2. The molecule has 0 bridgehead atoms. The Morgan fingerprint density at radius 3 is 2.13 bits per heavy atom. The molecule has 0 aliphatic carbocycles. The molecule has 1 unspecified atom stereocenters. The van der Waals surface area contributed by atoms with Crippen molar-refractivity contribution in [2.45, 2.75) is 45.1 Å². The highest BCUT2D eigenvalue weighted by atomic mass is 16.4. The van der Waals surface area contributed by atoms with Crippen LogP contribution in [0.2, 0.25) is 0 Å². The standard InChI is InChI=1S/C10H19NO4/c1-10(2,11)6-5-7(9(14)15)3-4-8(12)13/h7H,3-6,11H2,1-2H3,(H,12,13)(H,14,15). The second kappa shape index (κ2) is 5.70. The lowest BCUT2D eigenvalue weighted by Gasteiger charge is -2.20. The molecule has 88 valence electrons. The molecular weight excluding hydrogens is 198 g/mol. The number of rotatable bonds is 7. The maximum absolute atomic E-state index is 10.8. The molecule has 0 rings (SSSR count). The van der Waals surface area contributed by atoms with E-state index in [1.807, 2.05) is 13.8 Å². The smallest absolute Gasteiger partial charge is 0.306 e. The largest absolute Gasteiger partial charge is 0.481 e. The molecule has 0 amide bonds. The predicted octanol–water partition coefficient (Wildman–Crippen LogP) is 1.07. The summed E-state index contributed by atoms with van der Waals surface area (Å²) < 4.78 is 0. The molecule has 0 heterocycles. The monoisotopic (exact) mass is 217 g/mol. The first kappa shape index (κ1) is 13.9. The molecule has 0 spiro atoms. The maximum Gasteiger partial charge on any atom is 0.306 e. The molecule has 15 heavy (non-hydrogen) atoms. The van der Waals surface area contributed by atoms with Crippen molar-refractivity contribution in [1.29, 1.82) is 0 Å². The van der Waals surface area contributed by atoms with Gasteiger partial charge in [0.05, 0.1) is 5.92 Å². The van der Waals surface area contributed by atoms with Gasteiger partial charge in [0.2, 0.25) is 0 Å². The average Bonchev–Trinajstić information content (AvgIpc) is 2.00. The summed E-state index contributed by atoms with van der Waals surface area (Å²) in [7, 11) is 0. The Morgan fingerprint density at radius 2 is 1.80 bits per heavy atom. The van der Waals surface area contributed by atoms with Crippen LogP contribution in [0.5, 0.6) is 0 Å². The third-order valence-corrected chi connectivity index (χ3v) is 2.19. The molecule has 0 radical (unpaired) electrons. The fraction of sp³-hybridized carbons (Fsp3) is 0.800. The predicted molar refractivity (Wildman–Crippen MR) is 55.5 cm³/mol. The van der Waals surface area contributed by atoms with Crippen LogP contribution in [0.15, 0.2) is 0 Å². The molecule has 0 saturated heterocycles. The van der Waals surface area contributed by atoms with Gasteiger partial charge in [0, 0.05) is 12.0 Å². The quantitative estimate of drug-likeness (QED) is 0.592. The van der Waals surface area contributed by atoms with Crippen LogP contribution < -0.4 is 5.73 Å². The number of nitrogens with two attached hydrogens (primary N) is 1. The lowest BCUT2D eigenvalue weighted by atomic mass is 9.90. The van der Waals surface area contributed by atoms with Crippen LogP contribution in [0.1, 0.15) is 39.5 Å². The zero-order valence-electron chi connectivity index (χ0n) is 9.19. The maximum atomic E-state index is 10.8. The first-order valence-corrected chi connectivity index (χ1v) is 4.96. The average molecular weight is 217 g/mol. The minimum atomic E-state index is -0.965. The van der Waals surface area contributed by atoms with Gasteiger partial charge in [-0.05, 0) is 33.1 Å². The van der Waals surface area contributed by atoms with Gasteiger partial charge in [-0.15, -0.1) is 0 Å². The van der Waals surface area contributed by atoms with Crippen molar-refractivity contribution in [2.24, 2.45) is 11.7 Å². The zero-order valence-corrected chi connectivity index (χ0v) is 9.19. The fourth-order valence-corrected chi connectivity index (χ4v) is 1.24. The third-order valence-electron chi connectivity index (χ3n) is 2.19. The molecule has 0 aliphatic rings. The molecule has 0 aromatic heterocycles. The van der Waals surface area contributed by atoms with Crippen molar-refractivity contribution >= 4 is 11.9 Å². The van der Waals surface area contributed by atoms with E-state index in [4.69, 9.17) is 15.9 Å². The van der Waals surface area contributed by atoms with Crippen LogP contribution in [0.25, 0.3) is 0 Å². The second-order valence-electron chi connectivity index (χ2n) is 4.49. The minimum Gasteiger partial charge on any atom is -0.481 e. The Labute approximate surface area is 89.3 Å². The summed E-state index contributed by atoms with van der Waals surface area (Å²) in [5.74, 6) is -2.52. The Bertz CT molecular complexity index is 232. The number of carboxylic acid groups (broad SMARTS) is 2. The molecular formula is C10H19NO4. The normalized spacial score (nSPS) is 13.5. The van der Waals surface area contributed by atoms with Crippen LogP contribution in [-0.2, 0) is 9.59 Å². The summed E-state index contributed by atoms with van der Waals surface area (Å²) in [6, 6.07) is 0. The highest BCUT2D eigenvalue weighted by Crippen LogP contribution is 2.18. The Hall–Kier alpha value is -1.10. The first-order valence-electron chi connectivity index (χ1n) is 4.96. The van der Waals surface area contributed by atoms with Crippen LogP contribution in [0.4, 0.5) is 0 Å². The van der Waals surface area contributed by atoms with E-state index in [1.54, 1.807) is 0 Å². The molecule has 0 saturated carbocycles. The molecule has 4 N–H and O–H groups in total. The second-order valence-corrected chi connectivity index (χ2v) is 4.49. The molecule has 0 aliphatic heterocycles. The van der Waals surface area contributed by atoms with Gasteiger partial charge >= 0.3 is 11.9 Å². The number of hydrogen-bond acceptors (Lipinski definition) is 3. The summed E-state index contributed by atoms with van der Waals surface area (Å²) in [5.41, 5.74) is 5.32. The van der Waals surface area contributed by atoms with Crippen LogP contribution in [0.3, 0.4) is 0 Å². The Morgan fingerprint density at radius 1 is 1.27 bits per heavy atom. The summed E-state index contributed by atoms with van der Waals surface area (Å²) >= 11 is 0. The van der Waals surface area contributed by atoms with Crippen molar-refractivity contribution in [3.63, 3.8) is 0 Å². The van der Waals surface area contributed by atoms with Gasteiger partial charge in [-0.3, -0.25) is 9.59 Å². The van der Waals surface area contributed by atoms with Crippen molar-refractivity contribution in [2.75, 3.05) is 0 Å². The third kappa shape index (κ3) is 7.93. The van der Waals surface area contributed by atoms with E-state index in [0.717, 1.165) is 0 Å². The van der Waals surface area contributed by atoms with Crippen LogP contribution in [0, 0.1) is 5.92 Å². The van der Waals surface area contributed by atoms with Gasteiger partial charge in [0.25, 0.3) is 0 Å². The van der Waals surface area contributed by atoms with E-state index in [9.17, 15) is 9.59 Å². The molecule has 0 aromatic rings. The van der Waals surface area contributed by atoms with Gasteiger partial charge in [-0.25, -0.2) is 0 Å². The lowest BCUT2D eigenvalue weighted by Crippen LogP contribution is -2.33. The summed E-state index contributed by atoms with van der Waals surface area (Å²) in [6.45, 7) is 3.65. The van der Waals surface area contributed by atoms with Crippen molar-refractivity contribution in [1.82, 2.24) is 0 Å². The van der Waals surface area contributed by atoms with E-state index in [0.29, 0.717) is 12.8 Å². The molecule has 0 fully saturated rings. The van der Waals surface area contributed by atoms with Gasteiger partial charge in [0.15, 0.2) is 0 Å². The van der Waals surface area contributed by atoms with E-state index in [1.165, 1.54) is 0 Å². The zero-order chi connectivity index (χ0) is 12.1. The van der Waals surface area contributed by atoms with Crippen molar-refractivity contribution in [3.05, 3.63) is 0 Å². The van der Waals surface area contributed by atoms with Crippen molar-refractivity contribution < 1.29 is 19.8 Å². The Kier molecular flexibility index (Phi) is 5.28. The van der Waals surface area contributed by atoms with E-state index in [2.05, 4.69) is 0 Å². The van der Waals surface area contributed by atoms with E-state index >= 15 is 0 Å². The summed E-state index contributed by atoms with van der Waals surface area (Å²) in [5, 5.41) is 17.3. The molecule has 0 aromatic carbocycles. The lowest BCUT2D eigenvalue weighted by molar-refractivity contribution is -0.143. The van der Waals surface area contributed by atoms with E-state index < -0.39 is 23.4 Å². The van der Waals surface area contributed by atoms with Crippen LogP contribution >= 0.6 is 0 Å².